The first-order valence-corrected chi connectivity index (χ1v) is 6.25. The first-order chi connectivity index (χ1) is 9.13. The van der Waals surface area contributed by atoms with Gasteiger partial charge in [0.25, 0.3) is 0 Å². The minimum Gasteiger partial charge on any atom is -0.422 e. The quantitative estimate of drug-likeness (QED) is 0.651. The van der Waals surface area contributed by atoms with E-state index in [1.807, 2.05) is 62.4 Å². The largest absolute Gasteiger partial charge is 0.422 e. The van der Waals surface area contributed by atoms with E-state index in [1.54, 1.807) is 0 Å². The summed E-state index contributed by atoms with van der Waals surface area (Å²) in [6.45, 7) is 4.00. The Kier molecular flexibility index (Phi) is 2.71. The standard InChI is InChI=1S/C17H14O2/c1-11-3-6-13(7-4-11)16-10-14-8-5-12(2)9-15(14)17(18)19-16/h3-10H,1-2H3. The van der Waals surface area contributed by atoms with Crippen LogP contribution in [0.25, 0.3) is 22.1 Å². The normalized spacial score (nSPS) is 10.8. The SMILES string of the molecule is Cc1ccc(-c2cc3ccc(C)cc3c(=O)o2)cc1. The van der Waals surface area contributed by atoms with E-state index in [9.17, 15) is 4.79 Å². The van der Waals surface area contributed by atoms with Gasteiger partial charge in [-0.15, -0.1) is 0 Å². The molecule has 0 saturated carbocycles. The van der Waals surface area contributed by atoms with E-state index in [1.165, 1.54) is 5.56 Å². The molecule has 0 radical (unpaired) electrons. The van der Waals surface area contributed by atoms with E-state index in [-0.39, 0.29) is 5.63 Å². The molecule has 0 N–H and O–H groups in total. The molecule has 19 heavy (non-hydrogen) atoms. The molecule has 94 valence electrons. The molecule has 1 aromatic heterocycles. The Hall–Kier alpha value is -2.35. The Morgan fingerprint density at radius 1 is 0.842 bits per heavy atom. The van der Waals surface area contributed by atoms with Gasteiger partial charge < -0.3 is 4.42 Å². The van der Waals surface area contributed by atoms with Crippen LogP contribution in [0.4, 0.5) is 0 Å². The van der Waals surface area contributed by atoms with Gasteiger partial charge in [-0.05, 0) is 31.4 Å². The third kappa shape index (κ3) is 2.17. The van der Waals surface area contributed by atoms with Gasteiger partial charge in [-0.25, -0.2) is 4.79 Å². The number of benzene rings is 2. The van der Waals surface area contributed by atoms with Crippen LogP contribution < -0.4 is 5.63 Å². The van der Waals surface area contributed by atoms with Crippen LogP contribution in [-0.4, -0.2) is 0 Å². The van der Waals surface area contributed by atoms with Crippen LogP contribution >= 0.6 is 0 Å². The molecule has 1 heterocycles. The molecule has 0 amide bonds. The van der Waals surface area contributed by atoms with Gasteiger partial charge in [0, 0.05) is 5.56 Å². The molecule has 0 bridgehead atoms. The van der Waals surface area contributed by atoms with E-state index in [0.717, 1.165) is 16.5 Å². The highest BCUT2D eigenvalue weighted by molar-refractivity contribution is 5.84. The van der Waals surface area contributed by atoms with Crippen molar-refractivity contribution in [2.24, 2.45) is 0 Å². The summed E-state index contributed by atoms with van der Waals surface area (Å²) in [5, 5.41) is 1.55. The summed E-state index contributed by atoms with van der Waals surface area (Å²) in [6.07, 6.45) is 0. The first kappa shape index (κ1) is 11.7. The maximum Gasteiger partial charge on any atom is 0.344 e. The zero-order valence-electron chi connectivity index (χ0n) is 10.9. The number of aryl methyl sites for hydroxylation is 2. The summed E-state index contributed by atoms with van der Waals surface area (Å²) < 4.78 is 5.42. The Morgan fingerprint density at radius 3 is 2.26 bits per heavy atom. The van der Waals surface area contributed by atoms with Gasteiger partial charge in [-0.2, -0.15) is 0 Å². The molecule has 2 heteroatoms. The van der Waals surface area contributed by atoms with Crippen LogP contribution in [0.5, 0.6) is 0 Å². The fourth-order valence-corrected chi connectivity index (χ4v) is 2.16. The molecule has 0 atom stereocenters. The lowest BCUT2D eigenvalue weighted by atomic mass is 10.1. The highest BCUT2D eigenvalue weighted by Crippen LogP contribution is 2.22. The topological polar surface area (TPSA) is 30.2 Å². The summed E-state index contributed by atoms with van der Waals surface area (Å²) in [6, 6.07) is 15.7. The lowest BCUT2D eigenvalue weighted by Crippen LogP contribution is -2.00. The summed E-state index contributed by atoms with van der Waals surface area (Å²) in [4.78, 5) is 12.0. The highest BCUT2D eigenvalue weighted by atomic mass is 16.4. The average Bonchev–Trinajstić information content (AvgIpc) is 2.40. The monoisotopic (exact) mass is 250 g/mol. The van der Waals surface area contributed by atoms with Crippen molar-refractivity contribution in [1.82, 2.24) is 0 Å². The van der Waals surface area contributed by atoms with E-state index < -0.39 is 0 Å². The molecule has 0 spiro atoms. The molecule has 0 saturated heterocycles. The summed E-state index contributed by atoms with van der Waals surface area (Å²) >= 11 is 0. The molecule has 2 aromatic carbocycles. The third-order valence-corrected chi connectivity index (χ3v) is 3.25. The first-order valence-electron chi connectivity index (χ1n) is 6.25. The molecule has 0 aliphatic heterocycles. The van der Waals surface area contributed by atoms with Crippen molar-refractivity contribution in [3.8, 4) is 11.3 Å². The van der Waals surface area contributed by atoms with Gasteiger partial charge in [0.15, 0.2) is 0 Å². The predicted octanol–water partition coefficient (Wildman–Crippen LogP) is 4.08. The summed E-state index contributed by atoms with van der Waals surface area (Å²) in [5.74, 6) is 0.612. The van der Waals surface area contributed by atoms with E-state index in [2.05, 4.69) is 0 Å². The Labute approximate surface area is 111 Å². The predicted molar refractivity (Wildman–Crippen MR) is 77.4 cm³/mol. The van der Waals surface area contributed by atoms with Crippen molar-refractivity contribution in [1.29, 1.82) is 0 Å². The third-order valence-electron chi connectivity index (χ3n) is 3.25. The van der Waals surface area contributed by atoms with Gasteiger partial charge in [-0.1, -0.05) is 47.5 Å². The van der Waals surface area contributed by atoms with E-state index in [4.69, 9.17) is 4.42 Å². The zero-order valence-corrected chi connectivity index (χ0v) is 10.9. The minimum absolute atomic E-state index is 0.281. The van der Waals surface area contributed by atoms with Crippen molar-refractivity contribution < 1.29 is 4.42 Å². The second-order valence-corrected chi connectivity index (χ2v) is 4.85. The average molecular weight is 250 g/mol. The smallest absolute Gasteiger partial charge is 0.344 e. The fraction of sp³-hybridized carbons (Fsp3) is 0.118. The number of hydrogen-bond donors (Lipinski definition) is 0. The molecule has 2 nitrogen and oxygen atoms in total. The molecule has 0 aliphatic rings. The Morgan fingerprint density at radius 2 is 1.53 bits per heavy atom. The Bertz CT molecular complexity index is 796. The van der Waals surface area contributed by atoms with Crippen molar-refractivity contribution in [3.05, 3.63) is 70.1 Å². The Balaban J connectivity index is 2.24. The van der Waals surface area contributed by atoms with Crippen LogP contribution in [0.3, 0.4) is 0 Å². The van der Waals surface area contributed by atoms with Gasteiger partial charge in [0.05, 0.1) is 5.39 Å². The van der Waals surface area contributed by atoms with Crippen molar-refractivity contribution in [2.45, 2.75) is 13.8 Å². The van der Waals surface area contributed by atoms with Gasteiger partial charge in [0.2, 0.25) is 0 Å². The number of fused-ring (bicyclic) bond motifs is 1. The van der Waals surface area contributed by atoms with E-state index >= 15 is 0 Å². The van der Waals surface area contributed by atoms with Crippen LogP contribution in [0.1, 0.15) is 11.1 Å². The van der Waals surface area contributed by atoms with Gasteiger partial charge in [0.1, 0.15) is 5.76 Å². The molecule has 0 fully saturated rings. The second kappa shape index (κ2) is 4.39. The van der Waals surface area contributed by atoms with Gasteiger partial charge in [-0.3, -0.25) is 0 Å². The molecular weight excluding hydrogens is 236 g/mol. The highest BCUT2D eigenvalue weighted by Gasteiger charge is 2.06. The van der Waals surface area contributed by atoms with E-state index in [0.29, 0.717) is 11.1 Å². The van der Waals surface area contributed by atoms with Crippen molar-refractivity contribution in [2.75, 3.05) is 0 Å². The van der Waals surface area contributed by atoms with Crippen molar-refractivity contribution >= 4 is 10.8 Å². The lowest BCUT2D eigenvalue weighted by Gasteiger charge is -2.03. The lowest BCUT2D eigenvalue weighted by molar-refractivity contribution is 0.534. The second-order valence-electron chi connectivity index (χ2n) is 4.85. The van der Waals surface area contributed by atoms with Crippen LogP contribution in [0.15, 0.2) is 57.7 Å². The summed E-state index contributed by atoms with van der Waals surface area (Å²) in [5.41, 5.74) is 2.88. The molecule has 3 rings (SSSR count). The maximum atomic E-state index is 12.0. The fourth-order valence-electron chi connectivity index (χ4n) is 2.16. The van der Waals surface area contributed by atoms with Crippen LogP contribution in [0.2, 0.25) is 0 Å². The summed E-state index contributed by atoms with van der Waals surface area (Å²) in [7, 11) is 0. The number of rotatable bonds is 1. The molecule has 0 unspecified atom stereocenters. The zero-order chi connectivity index (χ0) is 13.4. The number of hydrogen-bond acceptors (Lipinski definition) is 2. The minimum atomic E-state index is -0.281. The molecular formula is C17H14O2. The maximum absolute atomic E-state index is 12.0. The van der Waals surface area contributed by atoms with Crippen LogP contribution in [-0.2, 0) is 0 Å². The van der Waals surface area contributed by atoms with Crippen LogP contribution in [0, 0.1) is 13.8 Å². The van der Waals surface area contributed by atoms with Gasteiger partial charge >= 0.3 is 5.63 Å². The van der Waals surface area contributed by atoms with Crippen molar-refractivity contribution in [3.63, 3.8) is 0 Å². The molecule has 0 aliphatic carbocycles. The molecule has 3 aromatic rings.